The summed E-state index contributed by atoms with van der Waals surface area (Å²) in [5.74, 6) is -0.0640. The molecule has 0 aromatic heterocycles. The van der Waals surface area contributed by atoms with Gasteiger partial charge in [-0.05, 0) is 18.4 Å². The third kappa shape index (κ3) is 4.04. The average molecular weight is 290 g/mol. The fourth-order valence-electron chi connectivity index (χ4n) is 2.67. The van der Waals surface area contributed by atoms with Crippen LogP contribution in [0.4, 0.5) is 0 Å². The van der Waals surface area contributed by atoms with Gasteiger partial charge in [-0.3, -0.25) is 9.59 Å². The SMILES string of the molecule is CC(=O)N1CCC(C(=O)N[C@@H](CO)c2ccccc2)CC1. The molecule has 2 N–H and O–H groups in total. The Morgan fingerprint density at radius 1 is 1.29 bits per heavy atom. The summed E-state index contributed by atoms with van der Waals surface area (Å²) in [6, 6.07) is 9.07. The first kappa shape index (κ1) is 15.5. The lowest BCUT2D eigenvalue weighted by Crippen LogP contribution is -2.43. The van der Waals surface area contributed by atoms with E-state index in [9.17, 15) is 14.7 Å². The predicted molar refractivity (Wildman–Crippen MR) is 79.4 cm³/mol. The Bertz CT molecular complexity index is 482. The summed E-state index contributed by atoms with van der Waals surface area (Å²) in [5.41, 5.74) is 0.898. The second-order valence-electron chi connectivity index (χ2n) is 5.43. The Hall–Kier alpha value is -1.88. The molecule has 0 unspecified atom stereocenters. The molecule has 5 heteroatoms. The summed E-state index contributed by atoms with van der Waals surface area (Å²) >= 11 is 0. The number of likely N-dealkylation sites (tertiary alicyclic amines) is 1. The molecule has 0 spiro atoms. The minimum atomic E-state index is -0.371. The summed E-state index contributed by atoms with van der Waals surface area (Å²) < 4.78 is 0. The molecule has 1 heterocycles. The van der Waals surface area contributed by atoms with Gasteiger partial charge in [0.05, 0.1) is 12.6 Å². The smallest absolute Gasteiger partial charge is 0.223 e. The monoisotopic (exact) mass is 290 g/mol. The van der Waals surface area contributed by atoms with Gasteiger partial charge in [0, 0.05) is 25.9 Å². The van der Waals surface area contributed by atoms with Crippen LogP contribution in [-0.2, 0) is 9.59 Å². The molecule has 1 atom stereocenters. The number of carbonyl (C=O) groups is 2. The van der Waals surface area contributed by atoms with Gasteiger partial charge in [-0.1, -0.05) is 30.3 Å². The normalized spacial score (nSPS) is 17.3. The van der Waals surface area contributed by atoms with E-state index in [0.29, 0.717) is 25.9 Å². The Kier molecular flexibility index (Phi) is 5.33. The Balaban J connectivity index is 1.91. The standard InChI is InChI=1S/C16H22N2O3/c1-12(20)18-9-7-14(8-10-18)16(21)17-15(11-19)13-5-3-2-4-6-13/h2-6,14-15,19H,7-11H2,1H3,(H,17,21)/t15-/m0/s1. The molecule has 2 rings (SSSR count). The molecule has 0 saturated carbocycles. The van der Waals surface area contributed by atoms with Crippen LogP contribution in [-0.4, -0.2) is 41.5 Å². The van der Waals surface area contributed by atoms with Crippen LogP contribution in [0.15, 0.2) is 30.3 Å². The van der Waals surface area contributed by atoms with Crippen molar-refractivity contribution in [1.82, 2.24) is 10.2 Å². The molecule has 0 radical (unpaired) electrons. The predicted octanol–water partition coefficient (Wildman–Crippen LogP) is 1.09. The molecule has 1 saturated heterocycles. The number of rotatable bonds is 4. The molecule has 1 aliphatic heterocycles. The zero-order valence-corrected chi connectivity index (χ0v) is 12.3. The number of aliphatic hydroxyl groups is 1. The van der Waals surface area contributed by atoms with Crippen LogP contribution in [0.5, 0.6) is 0 Å². The molecule has 114 valence electrons. The molecule has 1 fully saturated rings. The van der Waals surface area contributed by atoms with E-state index in [0.717, 1.165) is 5.56 Å². The maximum absolute atomic E-state index is 12.3. The molecular formula is C16H22N2O3. The van der Waals surface area contributed by atoms with Gasteiger partial charge in [0.1, 0.15) is 0 Å². The molecule has 2 amide bonds. The number of hydrogen-bond acceptors (Lipinski definition) is 3. The summed E-state index contributed by atoms with van der Waals surface area (Å²) in [6.07, 6.45) is 1.36. The number of benzene rings is 1. The van der Waals surface area contributed by atoms with Crippen LogP contribution in [0.1, 0.15) is 31.4 Å². The van der Waals surface area contributed by atoms with Gasteiger partial charge in [-0.25, -0.2) is 0 Å². The number of aliphatic hydroxyl groups excluding tert-OH is 1. The number of carbonyl (C=O) groups excluding carboxylic acids is 2. The van der Waals surface area contributed by atoms with Gasteiger partial charge >= 0.3 is 0 Å². The van der Waals surface area contributed by atoms with Crippen LogP contribution in [0, 0.1) is 5.92 Å². The van der Waals surface area contributed by atoms with Crippen LogP contribution >= 0.6 is 0 Å². The molecule has 0 bridgehead atoms. The molecule has 21 heavy (non-hydrogen) atoms. The minimum absolute atomic E-state index is 0.0406. The number of piperidine rings is 1. The molecule has 5 nitrogen and oxygen atoms in total. The first-order chi connectivity index (χ1) is 10.1. The maximum Gasteiger partial charge on any atom is 0.223 e. The molecular weight excluding hydrogens is 268 g/mol. The van der Waals surface area contributed by atoms with Gasteiger partial charge in [-0.15, -0.1) is 0 Å². The van der Waals surface area contributed by atoms with Crippen molar-refractivity contribution in [3.05, 3.63) is 35.9 Å². The fraction of sp³-hybridized carbons (Fsp3) is 0.500. The highest BCUT2D eigenvalue weighted by Crippen LogP contribution is 2.19. The van der Waals surface area contributed by atoms with E-state index >= 15 is 0 Å². The Morgan fingerprint density at radius 3 is 2.43 bits per heavy atom. The second-order valence-corrected chi connectivity index (χ2v) is 5.43. The van der Waals surface area contributed by atoms with E-state index in [2.05, 4.69) is 5.32 Å². The summed E-state index contributed by atoms with van der Waals surface area (Å²) in [5, 5.41) is 12.4. The van der Waals surface area contributed by atoms with Gasteiger partial charge < -0.3 is 15.3 Å². The lowest BCUT2D eigenvalue weighted by Gasteiger charge is -2.31. The van der Waals surface area contributed by atoms with Crippen LogP contribution in [0.25, 0.3) is 0 Å². The minimum Gasteiger partial charge on any atom is -0.394 e. The number of amides is 2. The third-order valence-corrected chi connectivity index (χ3v) is 4.01. The fourth-order valence-corrected chi connectivity index (χ4v) is 2.67. The zero-order valence-electron chi connectivity index (χ0n) is 12.3. The Labute approximate surface area is 125 Å². The Morgan fingerprint density at radius 2 is 1.90 bits per heavy atom. The highest BCUT2D eigenvalue weighted by Gasteiger charge is 2.27. The van der Waals surface area contributed by atoms with Crippen molar-refractivity contribution in [2.45, 2.75) is 25.8 Å². The molecule has 1 aliphatic rings. The van der Waals surface area contributed by atoms with Crippen molar-refractivity contribution in [3.8, 4) is 0 Å². The summed E-state index contributed by atoms with van der Waals surface area (Å²) in [7, 11) is 0. The van der Waals surface area contributed by atoms with E-state index in [1.165, 1.54) is 0 Å². The quantitative estimate of drug-likeness (QED) is 0.872. The van der Waals surface area contributed by atoms with Crippen molar-refractivity contribution >= 4 is 11.8 Å². The van der Waals surface area contributed by atoms with Crippen molar-refractivity contribution in [2.75, 3.05) is 19.7 Å². The number of hydrogen-bond donors (Lipinski definition) is 2. The average Bonchev–Trinajstić information content (AvgIpc) is 2.53. The van der Waals surface area contributed by atoms with Crippen LogP contribution in [0.2, 0.25) is 0 Å². The number of nitrogens with one attached hydrogen (secondary N) is 1. The summed E-state index contributed by atoms with van der Waals surface area (Å²) in [6.45, 7) is 2.69. The van der Waals surface area contributed by atoms with E-state index < -0.39 is 0 Å². The topological polar surface area (TPSA) is 69.6 Å². The first-order valence-corrected chi connectivity index (χ1v) is 7.33. The molecule has 1 aromatic carbocycles. The largest absolute Gasteiger partial charge is 0.394 e. The highest BCUT2D eigenvalue weighted by atomic mass is 16.3. The van der Waals surface area contributed by atoms with Crippen LogP contribution < -0.4 is 5.32 Å². The third-order valence-electron chi connectivity index (χ3n) is 4.01. The first-order valence-electron chi connectivity index (χ1n) is 7.33. The van der Waals surface area contributed by atoms with Crippen molar-refractivity contribution in [1.29, 1.82) is 0 Å². The maximum atomic E-state index is 12.3. The van der Waals surface area contributed by atoms with E-state index in [1.54, 1.807) is 11.8 Å². The van der Waals surface area contributed by atoms with E-state index in [1.807, 2.05) is 30.3 Å². The van der Waals surface area contributed by atoms with Crippen molar-refractivity contribution in [3.63, 3.8) is 0 Å². The van der Waals surface area contributed by atoms with E-state index in [-0.39, 0.29) is 30.4 Å². The molecule has 1 aromatic rings. The lowest BCUT2D eigenvalue weighted by molar-refractivity contribution is -0.134. The highest BCUT2D eigenvalue weighted by molar-refractivity contribution is 5.80. The summed E-state index contributed by atoms with van der Waals surface area (Å²) in [4.78, 5) is 25.3. The van der Waals surface area contributed by atoms with Gasteiger partial charge in [0.25, 0.3) is 0 Å². The van der Waals surface area contributed by atoms with Gasteiger partial charge in [0.2, 0.25) is 11.8 Å². The van der Waals surface area contributed by atoms with E-state index in [4.69, 9.17) is 0 Å². The molecule has 0 aliphatic carbocycles. The zero-order chi connectivity index (χ0) is 15.2. The van der Waals surface area contributed by atoms with Crippen LogP contribution in [0.3, 0.4) is 0 Å². The lowest BCUT2D eigenvalue weighted by atomic mass is 9.95. The van der Waals surface area contributed by atoms with Gasteiger partial charge in [0.15, 0.2) is 0 Å². The number of nitrogens with zero attached hydrogens (tertiary/aromatic N) is 1. The van der Waals surface area contributed by atoms with Crippen molar-refractivity contribution < 1.29 is 14.7 Å². The second kappa shape index (κ2) is 7.22. The van der Waals surface area contributed by atoms with Gasteiger partial charge in [-0.2, -0.15) is 0 Å². The van der Waals surface area contributed by atoms with Crippen molar-refractivity contribution in [2.24, 2.45) is 5.92 Å².